The van der Waals surface area contributed by atoms with Crippen LogP contribution in [0.15, 0.2) is 41.5 Å². The lowest BCUT2D eigenvalue weighted by Crippen LogP contribution is -1.95. The molecule has 0 aliphatic rings. The number of carbonyl (C=O) groups is 1. The zero-order valence-electron chi connectivity index (χ0n) is 9.67. The van der Waals surface area contributed by atoms with Gasteiger partial charge in [-0.15, -0.1) is 0 Å². The van der Waals surface area contributed by atoms with Crippen molar-refractivity contribution >= 4 is 29.5 Å². The van der Waals surface area contributed by atoms with Crippen LogP contribution in [0.1, 0.15) is 16.1 Å². The summed E-state index contributed by atoms with van der Waals surface area (Å²) >= 11 is 5.97. The summed E-state index contributed by atoms with van der Waals surface area (Å²) < 4.78 is 1.90. The summed E-state index contributed by atoms with van der Waals surface area (Å²) in [6.45, 7) is 0. The monoisotopic (exact) mass is 262 g/mol. The van der Waals surface area contributed by atoms with E-state index < -0.39 is 5.97 Å². The number of benzene rings is 1. The van der Waals surface area contributed by atoms with E-state index in [1.165, 1.54) is 18.2 Å². The van der Waals surface area contributed by atoms with Gasteiger partial charge in [0.1, 0.15) is 0 Å². The van der Waals surface area contributed by atoms with Crippen molar-refractivity contribution in [2.45, 2.75) is 0 Å². The third-order valence-corrected chi connectivity index (χ3v) is 2.83. The molecule has 4 nitrogen and oxygen atoms in total. The predicted molar refractivity (Wildman–Crippen MR) is 71.1 cm³/mol. The summed E-state index contributed by atoms with van der Waals surface area (Å²) in [4.78, 5) is 15.1. The van der Waals surface area contributed by atoms with E-state index in [2.05, 4.69) is 4.99 Å². The van der Waals surface area contributed by atoms with Crippen molar-refractivity contribution < 1.29 is 9.90 Å². The molecule has 1 aromatic carbocycles. The Morgan fingerprint density at radius 1 is 1.44 bits per heavy atom. The molecule has 0 amide bonds. The minimum Gasteiger partial charge on any atom is -0.478 e. The molecule has 0 spiro atoms. The van der Waals surface area contributed by atoms with E-state index in [9.17, 15) is 4.79 Å². The maximum Gasteiger partial charge on any atom is 0.335 e. The van der Waals surface area contributed by atoms with E-state index in [-0.39, 0.29) is 5.56 Å². The molecule has 18 heavy (non-hydrogen) atoms. The van der Waals surface area contributed by atoms with Gasteiger partial charge < -0.3 is 9.67 Å². The van der Waals surface area contributed by atoms with E-state index >= 15 is 0 Å². The van der Waals surface area contributed by atoms with Crippen molar-refractivity contribution in [2.75, 3.05) is 0 Å². The number of nitrogens with zero attached hydrogens (tertiary/aromatic N) is 2. The number of aliphatic imine (C=N–C) groups is 1. The Hall–Kier alpha value is -2.07. The molecule has 0 atom stereocenters. The molecule has 2 rings (SSSR count). The highest BCUT2D eigenvalue weighted by atomic mass is 35.5. The van der Waals surface area contributed by atoms with Gasteiger partial charge in [0.05, 0.1) is 28.2 Å². The summed E-state index contributed by atoms with van der Waals surface area (Å²) in [5, 5.41) is 9.32. The average Bonchev–Trinajstić information content (AvgIpc) is 2.73. The SMILES string of the molecule is Cn1cccc1C=Nc1cc(C(=O)O)ccc1Cl. The Balaban J connectivity index is 2.34. The number of aryl methyl sites for hydroxylation is 1. The molecule has 0 aliphatic heterocycles. The fraction of sp³-hybridized carbons (Fsp3) is 0.0769. The summed E-state index contributed by atoms with van der Waals surface area (Å²) in [6, 6.07) is 8.23. The molecule has 0 bridgehead atoms. The van der Waals surface area contributed by atoms with E-state index in [0.717, 1.165) is 5.69 Å². The van der Waals surface area contributed by atoms with Gasteiger partial charge in [0.2, 0.25) is 0 Å². The molecule has 0 fully saturated rings. The van der Waals surface area contributed by atoms with E-state index in [1.807, 2.05) is 29.9 Å². The Kier molecular flexibility index (Phi) is 3.48. The van der Waals surface area contributed by atoms with Gasteiger partial charge in [-0.3, -0.25) is 4.99 Å². The average molecular weight is 263 g/mol. The van der Waals surface area contributed by atoms with Crippen molar-refractivity contribution in [1.29, 1.82) is 0 Å². The highest BCUT2D eigenvalue weighted by molar-refractivity contribution is 6.33. The normalized spacial score (nSPS) is 11.0. The molecule has 1 N–H and O–H groups in total. The van der Waals surface area contributed by atoms with Crippen LogP contribution in [0.3, 0.4) is 0 Å². The molecule has 5 heteroatoms. The fourth-order valence-electron chi connectivity index (χ4n) is 1.49. The van der Waals surface area contributed by atoms with Crippen molar-refractivity contribution in [3.63, 3.8) is 0 Å². The second-order valence-corrected chi connectivity index (χ2v) is 4.18. The van der Waals surface area contributed by atoms with Crippen LogP contribution in [0.4, 0.5) is 5.69 Å². The van der Waals surface area contributed by atoms with E-state index in [0.29, 0.717) is 10.7 Å². The second-order valence-electron chi connectivity index (χ2n) is 3.77. The molecular weight excluding hydrogens is 252 g/mol. The lowest BCUT2D eigenvalue weighted by molar-refractivity contribution is 0.0697. The maximum absolute atomic E-state index is 10.9. The van der Waals surface area contributed by atoms with Gasteiger partial charge in [0, 0.05) is 13.2 Å². The molecular formula is C13H11ClN2O2. The topological polar surface area (TPSA) is 54.6 Å². The Labute approximate surface area is 109 Å². The first-order chi connectivity index (χ1) is 8.58. The molecule has 1 aromatic heterocycles. The van der Waals surface area contributed by atoms with Crippen molar-refractivity contribution in [3.8, 4) is 0 Å². The number of carboxylic acids is 1. The van der Waals surface area contributed by atoms with Crippen molar-refractivity contribution in [3.05, 3.63) is 52.8 Å². The third kappa shape index (κ3) is 2.60. The zero-order chi connectivity index (χ0) is 13.1. The molecule has 0 unspecified atom stereocenters. The van der Waals surface area contributed by atoms with Gasteiger partial charge in [0.15, 0.2) is 0 Å². The second kappa shape index (κ2) is 5.06. The summed E-state index contributed by atoms with van der Waals surface area (Å²) in [7, 11) is 1.90. The van der Waals surface area contributed by atoms with Gasteiger partial charge >= 0.3 is 5.97 Å². The number of aromatic carboxylic acids is 1. The minimum absolute atomic E-state index is 0.165. The van der Waals surface area contributed by atoms with Crippen LogP contribution in [0.5, 0.6) is 0 Å². The molecule has 0 saturated heterocycles. The van der Waals surface area contributed by atoms with Crippen LogP contribution in [0.25, 0.3) is 0 Å². The van der Waals surface area contributed by atoms with Gasteiger partial charge in [0.25, 0.3) is 0 Å². The van der Waals surface area contributed by atoms with Gasteiger partial charge in [-0.2, -0.15) is 0 Å². The molecule has 1 heterocycles. The maximum atomic E-state index is 10.9. The quantitative estimate of drug-likeness (QED) is 0.864. The molecule has 0 saturated carbocycles. The molecule has 2 aromatic rings. The lowest BCUT2D eigenvalue weighted by atomic mass is 10.2. The number of hydrogen-bond acceptors (Lipinski definition) is 2. The van der Waals surface area contributed by atoms with Crippen LogP contribution < -0.4 is 0 Å². The molecule has 0 radical (unpaired) electrons. The zero-order valence-corrected chi connectivity index (χ0v) is 10.4. The van der Waals surface area contributed by atoms with Crippen LogP contribution in [0, 0.1) is 0 Å². The Morgan fingerprint density at radius 3 is 2.83 bits per heavy atom. The van der Waals surface area contributed by atoms with Crippen LogP contribution in [-0.2, 0) is 7.05 Å². The summed E-state index contributed by atoms with van der Waals surface area (Å²) in [5.41, 5.74) is 1.52. The number of rotatable bonds is 3. The first kappa shape index (κ1) is 12.4. The number of halogens is 1. The summed E-state index contributed by atoms with van der Waals surface area (Å²) in [5.74, 6) is -0.998. The van der Waals surface area contributed by atoms with Gasteiger partial charge in [-0.1, -0.05) is 11.6 Å². The molecule has 0 aliphatic carbocycles. The standard InChI is InChI=1S/C13H11ClN2O2/c1-16-6-2-3-10(16)8-15-12-7-9(13(17)18)4-5-11(12)14/h2-8H,1H3,(H,17,18). The first-order valence-electron chi connectivity index (χ1n) is 5.26. The van der Waals surface area contributed by atoms with Crippen LogP contribution in [-0.4, -0.2) is 21.9 Å². The van der Waals surface area contributed by atoms with Gasteiger partial charge in [-0.25, -0.2) is 4.79 Å². The smallest absolute Gasteiger partial charge is 0.335 e. The highest BCUT2D eigenvalue weighted by Crippen LogP contribution is 2.25. The van der Waals surface area contributed by atoms with Gasteiger partial charge in [-0.05, 0) is 30.3 Å². The van der Waals surface area contributed by atoms with E-state index in [1.54, 1.807) is 6.21 Å². The minimum atomic E-state index is -0.998. The number of aromatic nitrogens is 1. The number of hydrogen-bond donors (Lipinski definition) is 1. The number of carboxylic acid groups (broad SMARTS) is 1. The van der Waals surface area contributed by atoms with Crippen LogP contribution in [0.2, 0.25) is 5.02 Å². The Bertz CT molecular complexity index is 617. The first-order valence-corrected chi connectivity index (χ1v) is 5.64. The lowest BCUT2D eigenvalue weighted by Gasteiger charge is -2.00. The predicted octanol–water partition coefficient (Wildman–Crippen LogP) is 3.13. The summed E-state index contributed by atoms with van der Waals surface area (Å²) in [6.07, 6.45) is 3.55. The van der Waals surface area contributed by atoms with Crippen molar-refractivity contribution in [2.24, 2.45) is 12.0 Å². The largest absolute Gasteiger partial charge is 0.478 e. The van der Waals surface area contributed by atoms with Crippen molar-refractivity contribution in [1.82, 2.24) is 4.57 Å². The fourth-order valence-corrected chi connectivity index (χ4v) is 1.66. The molecule has 92 valence electrons. The third-order valence-electron chi connectivity index (χ3n) is 2.51. The van der Waals surface area contributed by atoms with E-state index in [4.69, 9.17) is 16.7 Å². The Morgan fingerprint density at radius 2 is 2.22 bits per heavy atom. The highest BCUT2D eigenvalue weighted by Gasteiger charge is 2.06. The van der Waals surface area contributed by atoms with Crippen LogP contribution >= 0.6 is 11.6 Å².